The van der Waals surface area contributed by atoms with Gasteiger partial charge < -0.3 is 14.4 Å². The van der Waals surface area contributed by atoms with Crippen molar-refractivity contribution in [3.63, 3.8) is 0 Å². The fourth-order valence-corrected chi connectivity index (χ4v) is 2.32. The first-order valence-corrected chi connectivity index (χ1v) is 8.10. The van der Waals surface area contributed by atoms with E-state index in [1.807, 2.05) is 48.3 Å². The molecule has 3 nitrogen and oxygen atoms in total. The van der Waals surface area contributed by atoms with Crippen molar-refractivity contribution in [1.29, 1.82) is 0 Å². The molecular formula is C21H27NO2. The van der Waals surface area contributed by atoms with Gasteiger partial charge in [-0.05, 0) is 35.2 Å². The third-order valence-corrected chi connectivity index (χ3v) is 4.04. The van der Waals surface area contributed by atoms with Crippen molar-refractivity contribution in [2.45, 2.75) is 26.2 Å². The number of hydrogen-bond donors (Lipinski definition) is 0. The number of anilines is 1. The maximum atomic E-state index is 5.86. The van der Waals surface area contributed by atoms with Crippen LogP contribution < -0.4 is 14.4 Å². The van der Waals surface area contributed by atoms with E-state index < -0.39 is 0 Å². The Hall–Kier alpha value is -2.42. The van der Waals surface area contributed by atoms with Gasteiger partial charge in [-0.3, -0.25) is 0 Å². The first-order valence-electron chi connectivity index (χ1n) is 8.10. The first-order chi connectivity index (χ1) is 11.3. The fourth-order valence-electron chi connectivity index (χ4n) is 2.32. The van der Waals surface area contributed by atoms with Crippen LogP contribution in [0.15, 0.2) is 60.8 Å². The Morgan fingerprint density at radius 1 is 1.04 bits per heavy atom. The van der Waals surface area contributed by atoms with E-state index in [9.17, 15) is 0 Å². The number of likely N-dealkylation sites (N-methyl/N-ethyl adjacent to an activating group) is 1. The molecule has 128 valence electrons. The minimum absolute atomic E-state index is 0.148. The molecule has 0 aliphatic carbocycles. The third kappa shape index (κ3) is 4.54. The molecule has 0 fully saturated rings. The van der Waals surface area contributed by atoms with Gasteiger partial charge >= 0.3 is 0 Å². The van der Waals surface area contributed by atoms with Crippen molar-refractivity contribution in [2.24, 2.45) is 0 Å². The summed E-state index contributed by atoms with van der Waals surface area (Å²) in [6.07, 6.45) is 0. The van der Waals surface area contributed by atoms with E-state index in [2.05, 4.69) is 39.5 Å². The summed E-state index contributed by atoms with van der Waals surface area (Å²) >= 11 is 0. The van der Waals surface area contributed by atoms with E-state index in [0.29, 0.717) is 6.61 Å². The normalized spacial score (nSPS) is 11.0. The molecule has 0 aromatic heterocycles. The second-order valence-corrected chi connectivity index (χ2v) is 6.89. The molecular weight excluding hydrogens is 298 g/mol. The van der Waals surface area contributed by atoms with E-state index in [4.69, 9.17) is 9.47 Å². The molecule has 2 rings (SSSR count). The van der Waals surface area contributed by atoms with Gasteiger partial charge in [-0.25, -0.2) is 0 Å². The van der Waals surface area contributed by atoms with Crippen LogP contribution in [0.4, 0.5) is 5.69 Å². The molecule has 0 aliphatic heterocycles. The minimum atomic E-state index is 0.148. The molecule has 0 heterocycles. The Morgan fingerprint density at radius 2 is 1.71 bits per heavy atom. The summed E-state index contributed by atoms with van der Waals surface area (Å²) in [4.78, 5) is 2.01. The van der Waals surface area contributed by atoms with Crippen molar-refractivity contribution >= 4 is 5.69 Å². The summed E-state index contributed by atoms with van der Waals surface area (Å²) in [5.74, 6) is 1.68. The number of methoxy groups -OCH3 is 1. The zero-order valence-corrected chi connectivity index (χ0v) is 15.3. The molecule has 0 unspecified atom stereocenters. The molecule has 0 radical (unpaired) electrons. The second kappa shape index (κ2) is 7.43. The summed E-state index contributed by atoms with van der Waals surface area (Å²) in [5.41, 5.74) is 3.34. The lowest BCUT2D eigenvalue weighted by Gasteiger charge is -2.23. The van der Waals surface area contributed by atoms with E-state index in [0.717, 1.165) is 22.9 Å². The highest BCUT2D eigenvalue weighted by Crippen LogP contribution is 2.25. The molecule has 0 saturated carbocycles. The highest BCUT2D eigenvalue weighted by atomic mass is 16.5. The average molecular weight is 325 g/mol. The van der Waals surface area contributed by atoms with Gasteiger partial charge in [0, 0.05) is 24.5 Å². The lowest BCUT2D eigenvalue weighted by molar-refractivity contribution is 0.349. The number of nitrogens with zero attached hydrogens (tertiary/aromatic N) is 1. The van der Waals surface area contributed by atoms with Crippen molar-refractivity contribution in [1.82, 2.24) is 0 Å². The van der Waals surface area contributed by atoms with Crippen LogP contribution in [0.2, 0.25) is 0 Å². The van der Waals surface area contributed by atoms with Crippen LogP contribution in [0.25, 0.3) is 0 Å². The van der Waals surface area contributed by atoms with Crippen LogP contribution in [-0.2, 0) is 5.41 Å². The van der Waals surface area contributed by atoms with Crippen LogP contribution in [-0.4, -0.2) is 20.8 Å². The lowest BCUT2D eigenvalue weighted by atomic mass is 9.87. The van der Waals surface area contributed by atoms with Crippen molar-refractivity contribution in [2.75, 3.05) is 25.7 Å². The molecule has 0 atom stereocenters. The van der Waals surface area contributed by atoms with Crippen LogP contribution >= 0.6 is 0 Å². The molecule has 0 saturated heterocycles. The van der Waals surface area contributed by atoms with Gasteiger partial charge in [-0.1, -0.05) is 45.5 Å². The Kier molecular flexibility index (Phi) is 5.55. The Bertz CT molecular complexity index is 684. The van der Waals surface area contributed by atoms with E-state index in [1.54, 1.807) is 7.11 Å². The SMILES string of the molecule is C=C(COc1ccc(C(C)(C)C)cc1)N(C)c1cccc(OC)c1. The number of benzene rings is 2. The van der Waals surface area contributed by atoms with Gasteiger partial charge in [0.1, 0.15) is 18.1 Å². The van der Waals surface area contributed by atoms with Crippen molar-refractivity contribution in [3.05, 3.63) is 66.4 Å². The summed E-state index contributed by atoms with van der Waals surface area (Å²) in [6.45, 7) is 11.2. The van der Waals surface area contributed by atoms with Gasteiger partial charge in [0.05, 0.1) is 7.11 Å². The van der Waals surface area contributed by atoms with Crippen molar-refractivity contribution in [3.8, 4) is 11.5 Å². The molecule has 2 aromatic rings. The van der Waals surface area contributed by atoms with Crippen LogP contribution in [0.1, 0.15) is 26.3 Å². The zero-order chi connectivity index (χ0) is 17.7. The molecule has 0 aliphatic rings. The topological polar surface area (TPSA) is 21.7 Å². The van der Waals surface area contributed by atoms with Gasteiger partial charge in [0.15, 0.2) is 0 Å². The minimum Gasteiger partial charge on any atom is -0.497 e. The second-order valence-electron chi connectivity index (χ2n) is 6.89. The lowest BCUT2D eigenvalue weighted by Crippen LogP contribution is -2.20. The molecule has 3 heteroatoms. The summed E-state index contributed by atoms with van der Waals surface area (Å²) in [6, 6.07) is 16.1. The number of ether oxygens (including phenoxy) is 2. The predicted molar refractivity (Wildman–Crippen MR) is 101 cm³/mol. The molecule has 0 spiro atoms. The predicted octanol–water partition coefficient (Wildman–Crippen LogP) is 5.02. The van der Waals surface area contributed by atoms with E-state index in [-0.39, 0.29) is 5.41 Å². The van der Waals surface area contributed by atoms with Crippen LogP contribution in [0, 0.1) is 0 Å². The smallest absolute Gasteiger partial charge is 0.128 e. The summed E-state index contributed by atoms with van der Waals surface area (Å²) in [7, 11) is 3.64. The van der Waals surface area contributed by atoms with Gasteiger partial charge in [-0.2, -0.15) is 0 Å². The monoisotopic (exact) mass is 325 g/mol. The third-order valence-electron chi connectivity index (χ3n) is 4.04. The largest absolute Gasteiger partial charge is 0.497 e. The maximum Gasteiger partial charge on any atom is 0.128 e. The highest BCUT2D eigenvalue weighted by molar-refractivity contribution is 5.54. The van der Waals surface area contributed by atoms with Gasteiger partial charge in [0.2, 0.25) is 0 Å². The Balaban J connectivity index is 1.97. The number of hydrogen-bond acceptors (Lipinski definition) is 3. The first kappa shape index (κ1) is 17.9. The molecule has 0 amide bonds. The van der Waals surface area contributed by atoms with Gasteiger partial charge in [0.25, 0.3) is 0 Å². The van der Waals surface area contributed by atoms with Crippen molar-refractivity contribution < 1.29 is 9.47 Å². The molecule has 0 bridgehead atoms. The maximum absolute atomic E-state index is 5.86. The van der Waals surface area contributed by atoms with E-state index >= 15 is 0 Å². The standard InChI is InChI=1S/C21H27NO2/c1-16(22(5)18-8-7-9-20(14-18)23-6)15-24-19-12-10-17(11-13-19)21(2,3)4/h7-14H,1,15H2,2-6H3. The molecule has 0 N–H and O–H groups in total. The zero-order valence-electron chi connectivity index (χ0n) is 15.3. The summed E-state index contributed by atoms with van der Waals surface area (Å²) < 4.78 is 11.1. The summed E-state index contributed by atoms with van der Waals surface area (Å²) in [5, 5.41) is 0. The Morgan fingerprint density at radius 3 is 2.29 bits per heavy atom. The van der Waals surface area contributed by atoms with Gasteiger partial charge in [-0.15, -0.1) is 0 Å². The Labute approximate surface area is 145 Å². The van der Waals surface area contributed by atoms with Crippen LogP contribution in [0.5, 0.6) is 11.5 Å². The molecule has 2 aromatic carbocycles. The quantitative estimate of drug-likeness (QED) is 0.744. The number of rotatable bonds is 6. The highest BCUT2D eigenvalue weighted by Gasteiger charge is 2.13. The molecule has 24 heavy (non-hydrogen) atoms. The fraction of sp³-hybridized carbons (Fsp3) is 0.333. The average Bonchev–Trinajstić information content (AvgIpc) is 2.58. The van der Waals surface area contributed by atoms with Crippen LogP contribution in [0.3, 0.4) is 0 Å². The van der Waals surface area contributed by atoms with E-state index in [1.165, 1.54) is 5.56 Å².